The van der Waals surface area contributed by atoms with E-state index < -0.39 is 11.7 Å². The van der Waals surface area contributed by atoms with Crippen LogP contribution in [0.25, 0.3) is 0 Å². The maximum Gasteiger partial charge on any atom is 0.416 e. The largest absolute Gasteiger partial charge is 0.508 e. The Morgan fingerprint density at radius 3 is 2.42 bits per heavy atom. The molecule has 0 aliphatic rings. The zero-order valence-corrected chi connectivity index (χ0v) is 9.91. The molecule has 0 radical (unpaired) electrons. The zero-order chi connectivity index (χ0) is 14.0. The molecule has 2 aromatic carbocycles. The van der Waals surface area contributed by atoms with Gasteiger partial charge in [0.25, 0.3) is 0 Å². The number of rotatable bonds is 2. The van der Waals surface area contributed by atoms with Crippen LogP contribution in [0.5, 0.6) is 5.75 Å². The van der Waals surface area contributed by atoms with E-state index in [4.69, 9.17) is 5.73 Å². The van der Waals surface area contributed by atoms with Gasteiger partial charge in [0.1, 0.15) is 5.75 Å². The van der Waals surface area contributed by atoms with Gasteiger partial charge in [-0.05, 0) is 29.7 Å². The molecule has 0 unspecified atom stereocenters. The number of alkyl halides is 3. The molecule has 2 rings (SSSR count). The maximum absolute atomic E-state index is 12.6. The Hall–Kier alpha value is -2.17. The fraction of sp³-hybridized carbons (Fsp3) is 0.143. The van der Waals surface area contributed by atoms with Crippen LogP contribution in [0, 0.1) is 0 Å². The third-order valence-corrected chi connectivity index (χ3v) is 2.78. The van der Waals surface area contributed by atoms with Crippen LogP contribution in [0.4, 0.5) is 18.9 Å². The molecule has 0 spiro atoms. The molecule has 0 heterocycles. The Morgan fingerprint density at radius 2 is 1.79 bits per heavy atom. The first-order chi connectivity index (χ1) is 8.86. The summed E-state index contributed by atoms with van der Waals surface area (Å²) >= 11 is 0. The van der Waals surface area contributed by atoms with Crippen LogP contribution in [0.2, 0.25) is 0 Å². The molecule has 0 bridgehead atoms. The van der Waals surface area contributed by atoms with Crippen molar-refractivity contribution in [2.24, 2.45) is 0 Å². The van der Waals surface area contributed by atoms with Gasteiger partial charge in [0, 0.05) is 11.8 Å². The number of hydrogen-bond acceptors (Lipinski definition) is 2. The molecule has 0 amide bonds. The van der Waals surface area contributed by atoms with Gasteiger partial charge in [-0.1, -0.05) is 24.3 Å². The molecule has 2 aromatic rings. The number of aromatic hydroxyl groups is 1. The molecule has 0 saturated heterocycles. The summed E-state index contributed by atoms with van der Waals surface area (Å²) in [6.45, 7) is 0. The lowest BCUT2D eigenvalue weighted by Crippen LogP contribution is -2.05. The van der Waals surface area contributed by atoms with Crippen molar-refractivity contribution >= 4 is 5.69 Å². The third kappa shape index (κ3) is 3.19. The Morgan fingerprint density at radius 1 is 1.05 bits per heavy atom. The minimum atomic E-state index is -4.35. The second kappa shape index (κ2) is 4.84. The van der Waals surface area contributed by atoms with Crippen molar-refractivity contribution in [3.63, 3.8) is 0 Å². The summed E-state index contributed by atoms with van der Waals surface area (Å²) in [5, 5.41) is 9.23. The monoisotopic (exact) mass is 267 g/mol. The minimum absolute atomic E-state index is 0.0327. The number of hydrogen-bond donors (Lipinski definition) is 2. The highest BCUT2D eigenvalue weighted by molar-refractivity contribution is 5.52. The molecular weight excluding hydrogens is 255 g/mol. The van der Waals surface area contributed by atoms with Crippen LogP contribution in [0.1, 0.15) is 16.7 Å². The predicted molar refractivity (Wildman–Crippen MR) is 66.8 cm³/mol. The topological polar surface area (TPSA) is 46.2 Å². The smallest absolute Gasteiger partial charge is 0.416 e. The highest BCUT2D eigenvalue weighted by atomic mass is 19.4. The summed E-state index contributed by atoms with van der Waals surface area (Å²) in [7, 11) is 0. The fourth-order valence-corrected chi connectivity index (χ4v) is 1.82. The van der Waals surface area contributed by atoms with Gasteiger partial charge in [-0.15, -0.1) is 0 Å². The van der Waals surface area contributed by atoms with Crippen molar-refractivity contribution in [2.45, 2.75) is 12.6 Å². The summed E-state index contributed by atoms with van der Waals surface area (Å²) in [6, 6.07) is 9.56. The normalized spacial score (nSPS) is 11.5. The van der Waals surface area contributed by atoms with Crippen LogP contribution >= 0.6 is 0 Å². The highest BCUT2D eigenvalue weighted by Gasteiger charge is 2.30. The average Bonchev–Trinajstić information content (AvgIpc) is 2.32. The number of anilines is 1. The number of phenolic OH excluding ortho intramolecular Hbond substituents is 1. The molecule has 3 N–H and O–H groups in total. The number of phenols is 1. The van der Waals surface area contributed by atoms with Gasteiger partial charge in [-0.3, -0.25) is 0 Å². The van der Waals surface area contributed by atoms with Crippen molar-refractivity contribution in [3.8, 4) is 5.75 Å². The van der Waals surface area contributed by atoms with Crippen molar-refractivity contribution in [3.05, 3.63) is 59.2 Å². The van der Waals surface area contributed by atoms with E-state index in [-0.39, 0.29) is 12.2 Å². The fourth-order valence-electron chi connectivity index (χ4n) is 1.82. The van der Waals surface area contributed by atoms with Gasteiger partial charge in [0.2, 0.25) is 0 Å². The van der Waals surface area contributed by atoms with E-state index in [1.54, 1.807) is 12.1 Å². The summed E-state index contributed by atoms with van der Waals surface area (Å²) in [5.74, 6) is 0.0327. The number of nitrogen functional groups attached to an aromatic ring is 1. The standard InChI is InChI=1S/C14H12F3NO/c15-14(16,17)11-3-1-2-9(7-11)6-10-4-5-12(19)8-13(10)18/h1-5,7-8,19H,6,18H2. The lowest BCUT2D eigenvalue weighted by molar-refractivity contribution is -0.137. The number of nitrogens with two attached hydrogens (primary N) is 1. The number of benzene rings is 2. The molecule has 0 aromatic heterocycles. The lowest BCUT2D eigenvalue weighted by atomic mass is 10.0. The first kappa shape index (κ1) is 13.3. The Kier molecular flexibility index (Phi) is 3.38. The molecule has 0 aliphatic heterocycles. The molecule has 2 nitrogen and oxygen atoms in total. The predicted octanol–water partition coefficient (Wildman–Crippen LogP) is 3.58. The van der Waals surface area contributed by atoms with Crippen molar-refractivity contribution in [1.29, 1.82) is 0 Å². The maximum atomic E-state index is 12.6. The number of halogens is 3. The quantitative estimate of drug-likeness (QED) is 0.817. The Bertz CT molecular complexity index is 593. The molecule has 0 fully saturated rings. The Labute approximate surface area is 108 Å². The van der Waals surface area contributed by atoms with E-state index in [1.807, 2.05) is 0 Å². The van der Waals surface area contributed by atoms with E-state index in [0.717, 1.165) is 12.1 Å². The SMILES string of the molecule is Nc1cc(O)ccc1Cc1cccc(C(F)(F)F)c1. The second-order valence-corrected chi connectivity index (χ2v) is 4.26. The van der Waals surface area contributed by atoms with E-state index in [1.165, 1.54) is 18.2 Å². The summed E-state index contributed by atoms with van der Waals surface area (Å²) in [4.78, 5) is 0. The van der Waals surface area contributed by atoms with Crippen molar-refractivity contribution in [1.82, 2.24) is 0 Å². The highest BCUT2D eigenvalue weighted by Crippen LogP contribution is 2.30. The zero-order valence-electron chi connectivity index (χ0n) is 9.91. The molecule has 100 valence electrons. The summed E-state index contributed by atoms with van der Waals surface area (Å²) in [6.07, 6.45) is -4.06. The first-order valence-corrected chi connectivity index (χ1v) is 5.60. The van der Waals surface area contributed by atoms with Crippen molar-refractivity contribution in [2.75, 3.05) is 5.73 Å². The van der Waals surface area contributed by atoms with Gasteiger partial charge in [0.05, 0.1) is 5.56 Å². The molecule has 0 aliphatic carbocycles. The van der Waals surface area contributed by atoms with E-state index in [2.05, 4.69) is 0 Å². The second-order valence-electron chi connectivity index (χ2n) is 4.26. The average molecular weight is 267 g/mol. The van der Waals surface area contributed by atoms with Crippen molar-refractivity contribution < 1.29 is 18.3 Å². The van der Waals surface area contributed by atoms with Crippen LogP contribution in [0.3, 0.4) is 0 Å². The minimum Gasteiger partial charge on any atom is -0.508 e. The first-order valence-electron chi connectivity index (χ1n) is 5.60. The molecular formula is C14H12F3NO. The lowest BCUT2D eigenvalue weighted by Gasteiger charge is -2.10. The van der Waals surface area contributed by atoms with Gasteiger partial charge in [0.15, 0.2) is 0 Å². The van der Waals surface area contributed by atoms with Crippen LogP contribution in [-0.4, -0.2) is 5.11 Å². The molecule has 19 heavy (non-hydrogen) atoms. The van der Waals surface area contributed by atoms with E-state index >= 15 is 0 Å². The molecule has 0 atom stereocenters. The van der Waals surface area contributed by atoms with E-state index in [9.17, 15) is 18.3 Å². The summed E-state index contributed by atoms with van der Waals surface area (Å²) < 4.78 is 37.7. The van der Waals surface area contributed by atoms with Crippen LogP contribution < -0.4 is 5.73 Å². The molecule has 0 saturated carbocycles. The third-order valence-electron chi connectivity index (χ3n) is 2.78. The van der Waals surface area contributed by atoms with Gasteiger partial charge >= 0.3 is 6.18 Å². The summed E-state index contributed by atoms with van der Waals surface area (Å²) in [5.41, 5.74) is 6.59. The van der Waals surface area contributed by atoms with Gasteiger partial charge in [-0.25, -0.2) is 0 Å². The van der Waals surface area contributed by atoms with Crippen LogP contribution in [0.15, 0.2) is 42.5 Å². The van der Waals surface area contributed by atoms with Gasteiger partial charge < -0.3 is 10.8 Å². The van der Waals surface area contributed by atoms with E-state index in [0.29, 0.717) is 16.8 Å². The van der Waals surface area contributed by atoms with Crippen LogP contribution in [-0.2, 0) is 12.6 Å². The Balaban J connectivity index is 2.29. The molecule has 5 heteroatoms. The van der Waals surface area contributed by atoms with Gasteiger partial charge in [-0.2, -0.15) is 13.2 Å².